The Bertz CT molecular complexity index is 1240. The van der Waals surface area contributed by atoms with E-state index in [4.69, 9.17) is 23.4 Å². The molecular weight excluding hydrogens is 460 g/mol. The Morgan fingerprint density at radius 1 is 1.03 bits per heavy atom. The van der Waals surface area contributed by atoms with Crippen LogP contribution >= 0.6 is 0 Å². The Morgan fingerprint density at radius 3 is 2.33 bits per heavy atom. The first-order chi connectivity index (χ1) is 17.6. The highest BCUT2D eigenvalue weighted by molar-refractivity contribution is 6.01. The first kappa shape index (κ1) is 26.0. The number of allylic oxidation sites excluding steroid dienone is 1. The van der Waals surface area contributed by atoms with E-state index in [-0.39, 0.29) is 25.3 Å². The van der Waals surface area contributed by atoms with E-state index in [1.165, 1.54) is 19.4 Å². The summed E-state index contributed by atoms with van der Waals surface area (Å²) in [6.07, 6.45) is 5.57. The number of hydrogen-bond acceptors (Lipinski definition) is 7. The molecule has 1 aromatic heterocycles. The van der Waals surface area contributed by atoms with E-state index in [2.05, 4.69) is 11.9 Å². The SMILES string of the molecule is C=CCc1ccc(OCCOc2ccc(/C=C(\C#N)C(=O)NCc3ccco3)cc2OC)c(OC)c1. The lowest BCUT2D eigenvalue weighted by molar-refractivity contribution is -0.117. The van der Waals surface area contributed by atoms with Crippen molar-refractivity contribution < 1.29 is 28.2 Å². The molecule has 0 aliphatic rings. The summed E-state index contributed by atoms with van der Waals surface area (Å²) in [6, 6.07) is 16.3. The highest BCUT2D eigenvalue weighted by atomic mass is 16.5. The molecule has 8 heteroatoms. The van der Waals surface area contributed by atoms with Gasteiger partial charge in [0.2, 0.25) is 0 Å². The molecule has 0 fully saturated rings. The van der Waals surface area contributed by atoms with E-state index in [0.717, 1.165) is 12.0 Å². The van der Waals surface area contributed by atoms with Crippen molar-refractivity contribution in [2.24, 2.45) is 0 Å². The molecule has 186 valence electrons. The molecule has 0 saturated heterocycles. The fourth-order valence-electron chi connectivity index (χ4n) is 3.31. The van der Waals surface area contributed by atoms with E-state index in [1.807, 2.05) is 30.3 Å². The fraction of sp³-hybridized carbons (Fsp3) is 0.214. The third-order valence-corrected chi connectivity index (χ3v) is 5.07. The third-order valence-electron chi connectivity index (χ3n) is 5.07. The van der Waals surface area contributed by atoms with Crippen molar-refractivity contribution in [2.45, 2.75) is 13.0 Å². The summed E-state index contributed by atoms with van der Waals surface area (Å²) in [7, 11) is 3.11. The summed E-state index contributed by atoms with van der Waals surface area (Å²) in [4.78, 5) is 12.4. The molecule has 0 aliphatic heterocycles. The molecule has 0 unspecified atom stereocenters. The van der Waals surface area contributed by atoms with Gasteiger partial charge in [-0.25, -0.2) is 0 Å². The van der Waals surface area contributed by atoms with Crippen LogP contribution in [0.1, 0.15) is 16.9 Å². The lowest BCUT2D eigenvalue weighted by atomic mass is 10.1. The fourth-order valence-corrected chi connectivity index (χ4v) is 3.31. The topological polar surface area (TPSA) is 103 Å². The van der Waals surface area contributed by atoms with Crippen LogP contribution < -0.4 is 24.3 Å². The van der Waals surface area contributed by atoms with Gasteiger partial charge in [-0.3, -0.25) is 4.79 Å². The molecule has 0 atom stereocenters. The number of furan rings is 1. The summed E-state index contributed by atoms with van der Waals surface area (Å²) in [5.41, 5.74) is 1.65. The minimum Gasteiger partial charge on any atom is -0.493 e. The van der Waals surface area contributed by atoms with E-state index in [9.17, 15) is 10.1 Å². The summed E-state index contributed by atoms with van der Waals surface area (Å²) in [6.45, 7) is 4.49. The van der Waals surface area contributed by atoms with Gasteiger partial charge < -0.3 is 28.7 Å². The predicted octanol–water partition coefficient (Wildman–Crippen LogP) is 4.71. The number of ether oxygens (including phenoxy) is 4. The average molecular weight is 489 g/mol. The zero-order chi connectivity index (χ0) is 25.8. The highest BCUT2D eigenvalue weighted by Crippen LogP contribution is 2.30. The largest absolute Gasteiger partial charge is 0.493 e. The van der Waals surface area contributed by atoms with Gasteiger partial charge in [0, 0.05) is 0 Å². The first-order valence-electron chi connectivity index (χ1n) is 11.2. The van der Waals surface area contributed by atoms with Crippen LogP contribution in [0.3, 0.4) is 0 Å². The summed E-state index contributed by atoms with van der Waals surface area (Å²) in [5, 5.41) is 12.1. The molecule has 1 N–H and O–H groups in total. The van der Waals surface area contributed by atoms with Crippen LogP contribution in [-0.2, 0) is 17.8 Å². The lowest BCUT2D eigenvalue weighted by Crippen LogP contribution is -2.23. The smallest absolute Gasteiger partial charge is 0.262 e. The van der Waals surface area contributed by atoms with Crippen molar-refractivity contribution in [3.05, 3.63) is 89.9 Å². The number of amides is 1. The molecule has 0 radical (unpaired) electrons. The molecule has 8 nitrogen and oxygen atoms in total. The van der Waals surface area contributed by atoms with Gasteiger partial charge in [-0.2, -0.15) is 5.26 Å². The molecule has 0 saturated carbocycles. The van der Waals surface area contributed by atoms with Gasteiger partial charge >= 0.3 is 0 Å². The van der Waals surface area contributed by atoms with Crippen LogP contribution in [0.25, 0.3) is 6.08 Å². The standard InChI is InChI=1S/C28H28N2O6/c1-4-6-20-8-10-24(26(16-20)32-2)35-13-14-36-25-11-9-21(17-27(25)33-3)15-22(18-29)28(31)30-19-23-7-5-12-34-23/h4-5,7-12,15-17H,1,6,13-14,19H2,2-3H3,(H,30,31)/b22-15+. The van der Waals surface area contributed by atoms with Gasteiger partial charge in [0.25, 0.3) is 5.91 Å². The second-order valence-corrected chi connectivity index (χ2v) is 7.52. The molecule has 0 spiro atoms. The molecule has 0 bridgehead atoms. The highest BCUT2D eigenvalue weighted by Gasteiger charge is 2.12. The Morgan fingerprint density at radius 2 is 1.72 bits per heavy atom. The maximum absolute atomic E-state index is 12.4. The molecule has 1 heterocycles. The van der Waals surface area contributed by atoms with Crippen molar-refractivity contribution in [1.82, 2.24) is 5.32 Å². The van der Waals surface area contributed by atoms with Crippen LogP contribution in [0.15, 0.2) is 77.4 Å². The Labute approximate surface area is 210 Å². The number of nitriles is 1. The summed E-state index contributed by atoms with van der Waals surface area (Å²) < 4.78 is 27.6. The number of hydrogen-bond donors (Lipinski definition) is 1. The second kappa shape index (κ2) is 13.3. The van der Waals surface area contributed by atoms with E-state index < -0.39 is 5.91 Å². The van der Waals surface area contributed by atoms with Gasteiger partial charge in [0.05, 0.1) is 27.0 Å². The molecule has 1 amide bonds. The van der Waals surface area contributed by atoms with Gasteiger partial charge in [-0.05, 0) is 60.0 Å². The number of nitrogens with one attached hydrogen (secondary N) is 1. The maximum Gasteiger partial charge on any atom is 0.262 e. The Hall–Kier alpha value is -4.64. The average Bonchev–Trinajstić information content (AvgIpc) is 3.43. The van der Waals surface area contributed by atoms with Crippen molar-refractivity contribution in [2.75, 3.05) is 27.4 Å². The van der Waals surface area contributed by atoms with E-state index in [1.54, 1.807) is 37.4 Å². The Kier molecular flexibility index (Phi) is 9.60. The normalized spacial score (nSPS) is 10.8. The number of methoxy groups -OCH3 is 2. The quantitative estimate of drug-likeness (QED) is 0.161. The molecule has 3 rings (SSSR count). The number of rotatable bonds is 13. The van der Waals surface area contributed by atoms with Gasteiger partial charge in [0.1, 0.15) is 30.6 Å². The molecule has 2 aromatic carbocycles. The van der Waals surface area contributed by atoms with Crippen LogP contribution in [0.5, 0.6) is 23.0 Å². The van der Waals surface area contributed by atoms with Crippen molar-refractivity contribution >= 4 is 12.0 Å². The minimum absolute atomic E-state index is 0.0428. The monoisotopic (exact) mass is 488 g/mol. The van der Waals surface area contributed by atoms with Gasteiger partial charge in [-0.15, -0.1) is 6.58 Å². The number of nitrogens with zero attached hydrogens (tertiary/aromatic N) is 1. The molecular formula is C28H28N2O6. The summed E-state index contributed by atoms with van der Waals surface area (Å²) >= 11 is 0. The number of carbonyl (C=O) groups excluding carboxylic acids is 1. The van der Waals surface area contributed by atoms with Crippen LogP contribution in [0.2, 0.25) is 0 Å². The minimum atomic E-state index is -0.502. The number of benzene rings is 2. The molecule has 3 aromatic rings. The van der Waals surface area contributed by atoms with Crippen molar-refractivity contribution in [1.29, 1.82) is 5.26 Å². The first-order valence-corrected chi connectivity index (χ1v) is 11.2. The van der Waals surface area contributed by atoms with Crippen LogP contribution in [0.4, 0.5) is 0 Å². The van der Waals surface area contributed by atoms with Gasteiger partial charge in [0.15, 0.2) is 23.0 Å². The second-order valence-electron chi connectivity index (χ2n) is 7.52. The number of carbonyl (C=O) groups is 1. The van der Waals surface area contributed by atoms with E-state index in [0.29, 0.717) is 34.3 Å². The third kappa shape index (κ3) is 7.18. The van der Waals surface area contributed by atoms with Gasteiger partial charge in [-0.1, -0.05) is 18.2 Å². The van der Waals surface area contributed by atoms with Crippen molar-refractivity contribution in [3.8, 4) is 29.1 Å². The van der Waals surface area contributed by atoms with E-state index >= 15 is 0 Å². The zero-order valence-electron chi connectivity index (χ0n) is 20.3. The molecule has 0 aliphatic carbocycles. The lowest BCUT2D eigenvalue weighted by Gasteiger charge is -2.14. The predicted molar refractivity (Wildman–Crippen MR) is 135 cm³/mol. The van der Waals surface area contributed by atoms with Crippen LogP contribution in [-0.4, -0.2) is 33.3 Å². The summed E-state index contributed by atoms with van der Waals surface area (Å²) in [5.74, 6) is 2.32. The van der Waals surface area contributed by atoms with Crippen molar-refractivity contribution in [3.63, 3.8) is 0 Å². The zero-order valence-corrected chi connectivity index (χ0v) is 20.3. The molecule has 36 heavy (non-hydrogen) atoms. The Balaban J connectivity index is 1.59. The van der Waals surface area contributed by atoms with Crippen LogP contribution in [0, 0.1) is 11.3 Å². The maximum atomic E-state index is 12.4.